The van der Waals surface area contributed by atoms with Gasteiger partial charge in [-0.05, 0) is 92.4 Å². The molecule has 1 unspecified atom stereocenters. The Hall–Kier alpha value is -2.52. The molecule has 1 heterocycles. The van der Waals surface area contributed by atoms with Gasteiger partial charge in [-0.25, -0.2) is 4.39 Å². The van der Waals surface area contributed by atoms with Crippen molar-refractivity contribution in [3.05, 3.63) is 47.3 Å². The van der Waals surface area contributed by atoms with E-state index < -0.39 is 5.82 Å². The standard InChI is InChI=1S/C25H34FN5/c1-24(2,3)8-11-31-12-9-25(10-13-31)15-19(25)17-30-23(29)7-6-22(28)21-14-20(26)5-4-18(21)16-27/h4-7,14,19,28H,8-13,15,17H2,1-3H3,(H2,29,30)/b7-6-,28-22?. The Balaban J connectivity index is 1.48. The monoisotopic (exact) mass is 423 g/mol. The third kappa shape index (κ3) is 6.24. The van der Waals surface area contributed by atoms with E-state index in [4.69, 9.17) is 16.4 Å². The number of piperidine rings is 1. The highest BCUT2D eigenvalue weighted by molar-refractivity contribution is 6.11. The first kappa shape index (κ1) is 23.1. The predicted octanol–water partition coefficient (Wildman–Crippen LogP) is 4.52. The van der Waals surface area contributed by atoms with E-state index in [0.717, 1.165) is 6.54 Å². The second kappa shape index (κ2) is 9.32. The van der Waals surface area contributed by atoms with Crippen molar-refractivity contribution in [1.82, 2.24) is 4.90 Å². The molecule has 3 rings (SSSR count). The lowest BCUT2D eigenvalue weighted by molar-refractivity contribution is 0.146. The quantitative estimate of drug-likeness (QED) is 0.499. The van der Waals surface area contributed by atoms with Crippen LogP contribution in [0, 0.1) is 39.3 Å². The number of rotatable bonds is 7. The van der Waals surface area contributed by atoms with Gasteiger partial charge in [-0.1, -0.05) is 20.8 Å². The molecule has 6 heteroatoms. The molecule has 1 spiro atoms. The Morgan fingerprint density at radius 3 is 2.71 bits per heavy atom. The minimum atomic E-state index is -0.475. The summed E-state index contributed by atoms with van der Waals surface area (Å²) in [4.78, 5) is 7.10. The molecule has 1 aliphatic carbocycles. The summed E-state index contributed by atoms with van der Waals surface area (Å²) in [6, 6.07) is 5.78. The summed E-state index contributed by atoms with van der Waals surface area (Å²) in [5.74, 6) is 0.485. The molecule has 0 radical (unpaired) electrons. The number of nitriles is 1. The van der Waals surface area contributed by atoms with E-state index in [1.54, 1.807) is 6.08 Å². The summed E-state index contributed by atoms with van der Waals surface area (Å²) in [5.41, 5.74) is 7.41. The van der Waals surface area contributed by atoms with Gasteiger partial charge >= 0.3 is 0 Å². The maximum Gasteiger partial charge on any atom is 0.123 e. The molecule has 1 aromatic carbocycles. The van der Waals surface area contributed by atoms with Crippen molar-refractivity contribution in [2.24, 2.45) is 27.5 Å². The van der Waals surface area contributed by atoms with Crippen LogP contribution in [0.15, 0.2) is 35.3 Å². The van der Waals surface area contributed by atoms with Crippen LogP contribution in [0.5, 0.6) is 0 Å². The molecule has 1 aliphatic heterocycles. The minimum absolute atomic E-state index is 0.0414. The van der Waals surface area contributed by atoms with E-state index in [1.165, 1.54) is 69.6 Å². The van der Waals surface area contributed by atoms with Crippen molar-refractivity contribution in [2.75, 3.05) is 26.2 Å². The first-order valence-corrected chi connectivity index (χ1v) is 11.1. The predicted molar refractivity (Wildman–Crippen MR) is 124 cm³/mol. The number of likely N-dealkylation sites (tertiary alicyclic amines) is 1. The van der Waals surface area contributed by atoms with Gasteiger partial charge in [-0.15, -0.1) is 0 Å². The Labute approximate surface area is 185 Å². The number of benzene rings is 1. The summed E-state index contributed by atoms with van der Waals surface area (Å²) < 4.78 is 13.5. The third-order valence-electron chi connectivity index (χ3n) is 6.70. The van der Waals surface area contributed by atoms with Gasteiger partial charge in [0.1, 0.15) is 11.7 Å². The average Bonchev–Trinajstić information content (AvgIpc) is 3.41. The molecule has 0 amide bonds. The molecule has 1 atom stereocenters. The lowest BCUT2D eigenvalue weighted by Gasteiger charge is -2.34. The van der Waals surface area contributed by atoms with E-state index in [0.29, 0.717) is 22.6 Å². The molecule has 5 nitrogen and oxygen atoms in total. The van der Waals surface area contributed by atoms with Gasteiger partial charge in [0.2, 0.25) is 0 Å². The number of nitrogens with one attached hydrogen (secondary N) is 1. The Kier molecular flexibility index (Phi) is 6.96. The summed E-state index contributed by atoms with van der Waals surface area (Å²) >= 11 is 0. The molecule has 31 heavy (non-hydrogen) atoms. The topological polar surface area (TPSA) is 89.3 Å². The number of aliphatic imine (C=N–C) groups is 1. The van der Waals surface area contributed by atoms with Crippen molar-refractivity contribution in [3.63, 3.8) is 0 Å². The fourth-order valence-corrected chi connectivity index (χ4v) is 4.38. The van der Waals surface area contributed by atoms with Crippen molar-refractivity contribution in [3.8, 4) is 6.07 Å². The van der Waals surface area contributed by atoms with Gasteiger partial charge in [0.15, 0.2) is 0 Å². The number of hydrogen-bond acceptors (Lipinski definition) is 4. The van der Waals surface area contributed by atoms with Gasteiger partial charge < -0.3 is 16.0 Å². The Bertz CT molecular complexity index is 911. The van der Waals surface area contributed by atoms with Crippen molar-refractivity contribution in [1.29, 1.82) is 10.7 Å². The molecule has 0 bridgehead atoms. The molecule has 1 saturated heterocycles. The second-order valence-electron chi connectivity index (χ2n) is 10.2. The van der Waals surface area contributed by atoms with E-state index >= 15 is 0 Å². The first-order chi connectivity index (χ1) is 14.6. The number of halogens is 1. The molecule has 1 aromatic rings. The Morgan fingerprint density at radius 1 is 1.35 bits per heavy atom. The average molecular weight is 424 g/mol. The maximum atomic E-state index is 13.5. The lowest BCUT2D eigenvalue weighted by Crippen LogP contribution is -2.37. The molecule has 2 fully saturated rings. The van der Waals surface area contributed by atoms with Gasteiger partial charge in [0.05, 0.1) is 17.3 Å². The summed E-state index contributed by atoms with van der Waals surface area (Å²) in [5, 5.41) is 17.3. The van der Waals surface area contributed by atoms with Crippen LogP contribution in [0.25, 0.3) is 0 Å². The van der Waals surface area contributed by atoms with Gasteiger partial charge in [-0.2, -0.15) is 5.26 Å². The molecule has 1 saturated carbocycles. The zero-order valence-electron chi connectivity index (χ0n) is 18.9. The van der Waals surface area contributed by atoms with Crippen LogP contribution >= 0.6 is 0 Å². The van der Waals surface area contributed by atoms with Crippen LogP contribution in [0.4, 0.5) is 4.39 Å². The fraction of sp³-hybridized carbons (Fsp3) is 0.560. The number of amidine groups is 1. The maximum absolute atomic E-state index is 13.5. The van der Waals surface area contributed by atoms with Gasteiger partial charge in [0.25, 0.3) is 0 Å². The molecule has 166 valence electrons. The number of allylic oxidation sites excluding steroid dienone is 1. The Morgan fingerprint density at radius 2 is 2.06 bits per heavy atom. The van der Waals surface area contributed by atoms with Crippen LogP contribution in [-0.4, -0.2) is 42.6 Å². The van der Waals surface area contributed by atoms with E-state index in [1.807, 2.05) is 6.07 Å². The lowest BCUT2D eigenvalue weighted by atomic mass is 9.88. The highest BCUT2D eigenvalue weighted by atomic mass is 19.1. The van der Waals surface area contributed by atoms with E-state index in [9.17, 15) is 4.39 Å². The largest absolute Gasteiger partial charge is 0.384 e. The summed E-state index contributed by atoms with van der Waals surface area (Å²) in [7, 11) is 0. The molecular weight excluding hydrogens is 389 g/mol. The molecule has 3 N–H and O–H groups in total. The zero-order chi connectivity index (χ0) is 22.6. The fourth-order valence-electron chi connectivity index (χ4n) is 4.38. The molecule has 0 aromatic heterocycles. The highest BCUT2D eigenvalue weighted by Crippen LogP contribution is 2.59. The van der Waals surface area contributed by atoms with Crippen molar-refractivity contribution >= 4 is 11.5 Å². The first-order valence-electron chi connectivity index (χ1n) is 11.1. The van der Waals surface area contributed by atoms with Crippen molar-refractivity contribution in [2.45, 2.75) is 46.5 Å². The summed E-state index contributed by atoms with van der Waals surface area (Å²) in [6.45, 7) is 11.2. The van der Waals surface area contributed by atoms with Crippen molar-refractivity contribution < 1.29 is 4.39 Å². The van der Waals surface area contributed by atoms with Crippen LogP contribution in [0.2, 0.25) is 0 Å². The van der Waals surface area contributed by atoms with Crippen LogP contribution < -0.4 is 5.73 Å². The summed E-state index contributed by atoms with van der Waals surface area (Å²) in [6.07, 6.45) is 7.99. The third-order valence-corrected chi connectivity index (χ3v) is 6.70. The van der Waals surface area contributed by atoms with E-state index in [2.05, 4.69) is 30.7 Å². The van der Waals surface area contributed by atoms with Crippen LogP contribution in [0.1, 0.15) is 57.6 Å². The normalized spacial score (nSPS) is 21.4. The van der Waals surface area contributed by atoms with Crippen LogP contribution in [0.3, 0.4) is 0 Å². The highest BCUT2D eigenvalue weighted by Gasteiger charge is 2.54. The number of hydrogen-bond donors (Lipinski definition) is 2. The van der Waals surface area contributed by atoms with Crippen LogP contribution in [-0.2, 0) is 0 Å². The van der Waals surface area contributed by atoms with Gasteiger partial charge in [-0.3, -0.25) is 4.99 Å². The number of nitrogens with zero attached hydrogens (tertiary/aromatic N) is 3. The SMILES string of the molecule is CC(C)(C)CCN1CCC2(CC1)CC2CN=C(N)/C=C\C(=N)c1cc(F)ccc1C#N. The zero-order valence-corrected chi connectivity index (χ0v) is 18.9. The second-order valence-corrected chi connectivity index (χ2v) is 10.2. The number of nitrogens with two attached hydrogens (primary N) is 1. The smallest absolute Gasteiger partial charge is 0.123 e. The van der Waals surface area contributed by atoms with E-state index in [-0.39, 0.29) is 16.8 Å². The van der Waals surface area contributed by atoms with Gasteiger partial charge in [0, 0.05) is 12.1 Å². The minimum Gasteiger partial charge on any atom is -0.384 e. The molecule has 2 aliphatic rings. The molecular formula is C25H34FN5.